The van der Waals surface area contributed by atoms with Gasteiger partial charge in [-0.15, -0.1) is 11.3 Å². The number of ether oxygens (including phenoxy) is 2. The topological polar surface area (TPSA) is 109 Å². The molecular formula is C26H39NO6S. The van der Waals surface area contributed by atoms with Gasteiger partial charge in [-0.05, 0) is 57.1 Å². The van der Waals surface area contributed by atoms with Gasteiger partial charge in [0.05, 0.1) is 47.0 Å². The summed E-state index contributed by atoms with van der Waals surface area (Å²) in [6, 6.07) is 0. The van der Waals surface area contributed by atoms with Gasteiger partial charge in [-0.1, -0.05) is 27.7 Å². The lowest BCUT2D eigenvalue weighted by molar-refractivity contribution is -0.154. The maximum absolute atomic E-state index is 13.2. The Balaban J connectivity index is 1.81. The summed E-state index contributed by atoms with van der Waals surface area (Å²) in [4.78, 5) is 30.5. The number of rotatable bonds is 2. The molecule has 34 heavy (non-hydrogen) atoms. The molecular weight excluding hydrogens is 454 g/mol. The fraction of sp³-hybridized carbons (Fsp3) is 0.731. The SMILES string of the molecule is C/C(=C\c1csc(C)n1)C1CC[C@@H]2O[C@@H]2CC[C@H](C)[C@H](O)[C@@H](C)C(=O)C(C)(C)[C@@H](O)CC(=O)O1. The van der Waals surface area contributed by atoms with Crippen LogP contribution in [0.15, 0.2) is 11.0 Å². The first-order valence-corrected chi connectivity index (χ1v) is 13.1. The van der Waals surface area contributed by atoms with Gasteiger partial charge in [0, 0.05) is 11.3 Å². The first-order valence-electron chi connectivity index (χ1n) is 12.3. The molecule has 2 N–H and O–H groups in total. The summed E-state index contributed by atoms with van der Waals surface area (Å²) in [5.74, 6) is -1.54. The normalized spacial score (nSPS) is 36.0. The maximum Gasteiger partial charge on any atom is 0.309 e. The number of carbonyl (C=O) groups excluding carboxylic acids is 2. The van der Waals surface area contributed by atoms with Crippen molar-refractivity contribution in [3.63, 3.8) is 0 Å². The van der Waals surface area contributed by atoms with Gasteiger partial charge in [0.25, 0.3) is 0 Å². The van der Waals surface area contributed by atoms with Gasteiger partial charge in [0.15, 0.2) is 0 Å². The van der Waals surface area contributed by atoms with Crippen LogP contribution in [0, 0.1) is 24.2 Å². The van der Waals surface area contributed by atoms with Crippen LogP contribution in [0.3, 0.4) is 0 Å². The minimum atomic E-state index is -1.22. The average Bonchev–Trinajstić information content (AvgIpc) is 3.42. The molecule has 0 radical (unpaired) electrons. The largest absolute Gasteiger partial charge is 0.458 e. The molecule has 7 nitrogen and oxygen atoms in total. The van der Waals surface area contributed by atoms with Crippen molar-refractivity contribution < 1.29 is 29.3 Å². The molecule has 2 aliphatic rings. The van der Waals surface area contributed by atoms with Crippen LogP contribution < -0.4 is 0 Å². The molecule has 2 fully saturated rings. The zero-order valence-corrected chi connectivity index (χ0v) is 21.9. The van der Waals surface area contributed by atoms with Crippen LogP contribution in [0.1, 0.15) is 77.4 Å². The third-order valence-corrected chi connectivity index (χ3v) is 8.23. The molecule has 3 rings (SSSR count). The van der Waals surface area contributed by atoms with E-state index in [4.69, 9.17) is 9.47 Å². The van der Waals surface area contributed by atoms with Gasteiger partial charge < -0.3 is 19.7 Å². The number of thiazole rings is 1. The number of aryl methyl sites for hydroxylation is 1. The molecule has 8 heteroatoms. The molecule has 0 bridgehead atoms. The number of aliphatic hydroxyl groups excluding tert-OH is 2. The highest BCUT2D eigenvalue weighted by molar-refractivity contribution is 7.09. The van der Waals surface area contributed by atoms with Crippen LogP contribution in [-0.4, -0.2) is 57.5 Å². The zero-order chi connectivity index (χ0) is 25.2. The molecule has 1 aromatic rings. The molecule has 3 heterocycles. The number of esters is 1. The molecule has 1 unspecified atom stereocenters. The van der Waals surface area contributed by atoms with Gasteiger partial charge in [-0.25, -0.2) is 4.98 Å². The van der Waals surface area contributed by atoms with Crippen molar-refractivity contribution in [1.82, 2.24) is 4.98 Å². The van der Waals surface area contributed by atoms with E-state index in [-0.39, 0.29) is 30.3 Å². The Morgan fingerprint density at radius 2 is 1.79 bits per heavy atom. The number of fused-ring (bicyclic) bond motifs is 1. The number of epoxide rings is 1. The molecule has 7 atom stereocenters. The van der Waals surface area contributed by atoms with E-state index in [2.05, 4.69) is 4.98 Å². The van der Waals surface area contributed by atoms with Crippen molar-refractivity contribution in [2.24, 2.45) is 17.3 Å². The highest BCUT2D eigenvalue weighted by Gasteiger charge is 2.44. The van der Waals surface area contributed by atoms with E-state index in [0.717, 1.165) is 35.5 Å². The highest BCUT2D eigenvalue weighted by Crippen LogP contribution is 2.36. The maximum atomic E-state index is 13.2. The second kappa shape index (κ2) is 11.0. The number of carbonyl (C=O) groups is 2. The Labute approximate surface area is 206 Å². The fourth-order valence-electron chi connectivity index (χ4n) is 4.77. The van der Waals surface area contributed by atoms with Crippen LogP contribution in [0.4, 0.5) is 0 Å². The quantitative estimate of drug-likeness (QED) is 0.472. The summed E-state index contributed by atoms with van der Waals surface area (Å²) >= 11 is 1.56. The van der Waals surface area contributed by atoms with Crippen molar-refractivity contribution in [3.8, 4) is 0 Å². The molecule has 190 valence electrons. The fourth-order valence-corrected chi connectivity index (χ4v) is 5.34. The van der Waals surface area contributed by atoms with Crippen LogP contribution in [0.25, 0.3) is 6.08 Å². The van der Waals surface area contributed by atoms with E-state index >= 15 is 0 Å². The number of hydrogen-bond donors (Lipinski definition) is 2. The molecule has 1 aromatic heterocycles. The van der Waals surface area contributed by atoms with Gasteiger partial charge in [0.1, 0.15) is 11.9 Å². The van der Waals surface area contributed by atoms with E-state index < -0.39 is 35.6 Å². The van der Waals surface area contributed by atoms with Crippen molar-refractivity contribution in [2.45, 2.75) is 104 Å². The number of cyclic esters (lactones) is 1. The third kappa shape index (κ3) is 6.53. The Hall–Kier alpha value is -1.61. The lowest BCUT2D eigenvalue weighted by Gasteiger charge is -2.34. The first-order chi connectivity index (χ1) is 15.9. The lowest BCUT2D eigenvalue weighted by atomic mass is 9.73. The number of Topliss-reactive ketones (excluding diaryl/α,β-unsaturated/α-hetero) is 1. The first kappa shape index (κ1) is 27.0. The van der Waals surface area contributed by atoms with Crippen LogP contribution in [0.2, 0.25) is 0 Å². The van der Waals surface area contributed by atoms with Crippen LogP contribution >= 0.6 is 11.3 Å². The molecule has 0 spiro atoms. The summed E-state index contributed by atoms with van der Waals surface area (Å²) in [6.45, 7) is 10.8. The molecule has 2 aliphatic heterocycles. The minimum absolute atomic E-state index is 0.0749. The predicted octanol–water partition coefficient (Wildman–Crippen LogP) is 4.09. The smallest absolute Gasteiger partial charge is 0.309 e. The second-order valence-electron chi connectivity index (χ2n) is 10.6. The van der Waals surface area contributed by atoms with Crippen molar-refractivity contribution in [2.75, 3.05) is 0 Å². The Morgan fingerprint density at radius 1 is 1.15 bits per heavy atom. The van der Waals surface area contributed by atoms with Crippen LogP contribution in [0.5, 0.6) is 0 Å². The predicted molar refractivity (Wildman–Crippen MR) is 131 cm³/mol. The van der Waals surface area contributed by atoms with Gasteiger partial charge >= 0.3 is 5.97 Å². The third-order valence-electron chi connectivity index (χ3n) is 7.44. The Morgan fingerprint density at radius 3 is 2.41 bits per heavy atom. The van der Waals surface area contributed by atoms with Crippen LogP contribution in [-0.2, 0) is 19.1 Å². The minimum Gasteiger partial charge on any atom is -0.458 e. The van der Waals surface area contributed by atoms with Crippen molar-refractivity contribution >= 4 is 29.2 Å². The molecule has 0 aromatic carbocycles. The van der Waals surface area contributed by atoms with Gasteiger partial charge in [0.2, 0.25) is 0 Å². The average molecular weight is 494 g/mol. The summed E-state index contributed by atoms with van der Waals surface area (Å²) in [7, 11) is 0. The lowest BCUT2D eigenvalue weighted by Crippen LogP contribution is -2.45. The van der Waals surface area contributed by atoms with Crippen molar-refractivity contribution in [3.05, 3.63) is 21.7 Å². The van der Waals surface area contributed by atoms with Gasteiger partial charge in [-0.2, -0.15) is 0 Å². The summed E-state index contributed by atoms with van der Waals surface area (Å²) in [6.07, 6.45) is 2.31. The Kier molecular flexibility index (Phi) is 8.71. The number of ketones is 1. The number of aliphatic hydroxyl groups is 2. The van der Waals surface area contributed by atoms with E-state index in [1.807, 2.05) is 32.2 Å². The number of aromatic nitrogens is 1. The van der Waals surface area contributed by atoms with E-state index in [1.54, 1.807) is 32.1 Å². The highest BCUT2D eigenvalue weighted by atomic mass is 32.1. The summed E-state index contributed by atoms with van der Waals surface area (Å²) in [5, 5.41) is 24.5. The second-order valence-corrected chi connectivity index (χ2v) is 11.7. The van der Waals surface area contributed by atoms with Gasteiger partial charge in [-0.3, -0.25) is 9.59 Å². The van der Waals surface area contributed by atoms with Crippen molar-refractivity contribution in [1.29, 1.82) is 0 Å². The number of hydrogen-bond acceptors (Lipinski definition) is 8. The molecule has 0 saturated carbocycles. The molecule has 0 aliphatic carbocycles. The molecule has 2 saturated heterocycles. The van der Waals surface area contributed by atoms with E-state index in [0.29, 0.717) is 6.42 Å². The van der Waals surface area contributed by atoms with E-state index in [9.17, 15) is 19.8 Å². The Bertz CT molecular complexity index is 909. The molecule has 0 amide bonds. The standard InChI is InChI=1S/C26H39NO6S/c1-14-7-8-20-21(32-20)10-9-19(15(2)11-18-13-34-17(4)27-18)33-23(29)12-22(28)26(5,6)25(31)16(3)24(14)30/h11,13-14,16,19-22,24,28,30H,7-10,12H2,1-6H3/b15-11+/t14-,16+,19?,20+,21-,22-,24-/m0/s1. The summed E-state index contributed by atoms with van der Waals surface area (Å²) < 4.78 is 11.7. The monoisotopic (exact) mass is 493 g/mol. The zero-order valence-electron chi connectivity index (χ0n) is 21.1. The van der Waals surface area contributed by atoms with E-state index in [1.165, 1.54) is 0 Å². The summed E-state index contributed by atoms with van der Waals surface area (Å²) in [5.41, 5.74) is 0.517. The number of nitrogens with zero attached hydrogens (tertiary/aromatic N) is 1.